The molecule has 1 rings (SSSR count). The molecule has 0 saturated heterocycles. The quantitative estimate of drug-likeness (QED) is 0.468. The Bertz CT molecular complexity index is 375. The van der Waals surface area contributed by atoms with Crippen LogP contribution in [0.15, 0.2) is 0 Å². The first-order valence-corrected chi connectivity index (χ1v) is 3.88. The van der Waals surface area contributed by atoms with E-state index >= 15 is 0 Å². The van der Waals surface area contributed by atoms with Gasteiger partial charge in [-0.1, -0.05) is 0 Å². The fraction of sp³-hybridized carbons (Fsp3) is 0.333. The Labute approximate surface area is 81.5 Å². The number of halogens is 6. The summed E-state index contributed by atoms with van der Waals surface area (Å²) in [7, 11) is 0. The first kappa shape index (κ1) is 11.9. The molecule has 0 aromatic heterocycles. The molecule has 0 spiro atoms. The zero-order chi connectivity index (χ0) is 12.0. The van der Waals surface area contributed by atoms with Crippen LogP contribution in [0.3, 0.4) is 0 Å². The highest BCUT2D eigenvalue weighted by atomic mass is 19.4. The molecule has 0 amide bonds. The van der Waals surface area contributed by atoms with E-state index in [1.807, 2.05) is 0 Å². The monoisotopic (exact) mass is 228 g/mol. The Morgan fingerprint density at radius 1 is 0.733 bits per heavy atom. The predicted octanol–water partition coefficient (Wildman–Crippen LogP) is 3.74. The Hall–Kier alpha value is -1.20. The third-order valence-electron chi connectivity index (χ3n) is 2.06. The highest BCUT2D eigenvalue weighted by molar-refractivity contribution is 5.36. The van der Waals surface area contributed by atoms with Gasteiger partial charge in [0, 0.05) is 11.1 Å². The van der Waals surface area contributed by atoms with Crippen molar-refractivity contribution in [2.24, 2.45) is 0 Å². The van der Waals surface area contributed by atoms with Gasteiger partial charge in [-0.25, -0.2) is 13.2 Å². The molecule has 0 atom stereocenters. The third kappa shape index (κ3) is 1.80. The van der Waals surface area contributed by atoms with E-state index in [-0.39, 0.29) is 0 Å². The van der Waals surface area contributed by atoms with Crippen molar-refractivity contribution in [2.45, 2.75) is 20.0 Å². The molecule has 0 aliphatic rings. The fourth-order valence-corrected chi connectivity index (χ4v) is 1.22. The van der Waals surface area contributed by atoms with Crippen molar-refractivity contribution in [1.29, 1.82) is 0 Å². The molecule has 84 valence electrons. The second kappa shape index (κ2) is 3.43. The van der Waals surface area contributed by atoms with Crippen molar-refractivity contribution in [3.05, 3.63) is 34.1 Å². The van der Waals surface area contributed by atoms with Crippen molar-refractivity contribution < 1.29 is 26.3 Å². The SMILES string of the molecule is Cc1c(F)c(F)c(C)c(C(F)(F)F)c1F. The fourth-order valence-electron chi connectivity index (χ4n) is 1.22. The van der Waals surface area contributed by atoms with E-state index in [0.29, 0.717) is 6.92 Å². The van der Waals surface area contributed by atoms with Crippen molar-refractivity contribution in [2.75, 3.05) is 0 Å². The van der Waals surface area contributed by atoms with Crippen LogP contribution in [0.2, 0.25) is 0 Å². The summed E-state index contributed by atoms with van der Waals surface area (Å²) < 4.78 is 75.6. The van der Waals surface area contributed by atoms with E-state index < -0.39 is 40.3 Å². The molecule has 0 N–H and O–H groups in total. The summed E-state index contributed by atoms with van der Waals surface area (Å²) in [5, 5.41) is 0. The molecule has 6 heteroatoms. The van der Waals surface area contributed by atoms with Gasteiger partial charge in [0.2, 0.25) is 0 Å². The smallest absolute Gasteiger partial charge is 0.206 e. The molecule has 0 heterocycles. The number of benzene rings is 1. The van der Waals surface area contributed by atoms with Crippen molar-refractivity contribution in [3.8, 4) is 0 Å². The maximum absolute atomic E-state index is 13.1. The highest BCUT2D eigenvalue weighted by Crippen LogP contribution is 2.37. The summed E-state index contributed by atoms with van der Waals surface area (Å²) in [6.07, 6.45) is -5.03. The van der Waals surface area contributed by atoms with Crippen LogP contribution in [0.5, 0.6) is 0 Å². The maximum atomic E-state index is 13.1. The number of alkyl halides is 3. The largest absolute Gasteiger partial charge is 0.419 e. The Balaban J connectivity index is 3.68. The standard InChI is InChI=1S/C9H6F6/c1-3-5(9(13,14)15)6(10)4(2)8(12)7(3)11/h1-2H3. The second-order valence-corrected chi connectivity index (χ2v) is 3.06. The van der Waals surface area contributed by atoms with E-state index in [1.54, 1.807) is 0 Å². The molecule has 0 aliphatic heterocycles. The van der Waals surface area contributed by atoms with Crippen LogP contribution in [0.25, 0.3) is 0 Å². The first-order chi connectivity index (χ1) is 6.68. The minimum Gasteiger partial charge on any atom is -0.206 e. The van der Waals surface area contributed by atoms with Crippen molar-refractivity contribution in [3.63, 3.8) is 0 Å². The predicted molar refractivity (Wildman–Crippen MR) is 40.8 cm³/mol. The first-order valence-electron chi connectivity index (χ1n) is 3.88. The van der Waals surface area contributed by atoms with Crippen LogP contribution in [-0.4, -0.2) is 0 Å². The summed E-state index contributed by atoms with van der Waals surface area (Å²) in [5.41, 5.74) is -3.78. The normalized spacial score (nSPS) is 12.0. The lowest BCUT2D eigenvalue weighted by Crippen LogP contribution is -2.15. The van der Waals surface area contributed by atoms with Gasteiger partial charge in [-0.3, -0.25) is 0 Å². The zero-order valence-electron chi connectivity index (χ0n) is 7.77. The Kier molecular flexibility index (Phi) is 2.71. The van der Waals surface area contributed by atoms with E-state index in [0.717, 1.165) is 6.92 Å². The lowest BCUT2D eigenvalue weighted by atomic mass is 10.0. The number of rotatable bonds is 0. The molecule has 0 fully saturated rings. The molecule has 0 saturated carbocycles. The molecule has 0 aliphatic carbocycles. The van der Waals surface area contributed by atoms with Gasteiger partial charge in [0.05, 0.1) is 5.56 Å². The van der Waals surface area contributed by atoms with Gasteiger partial charge in [-0.15, -0.1) is 0 Å². The van der Waals surface area contributed by atoms with Gasteiger partial charge < -0.3 is 0 Å². The minimum atomic E-state index is -5.03. The van der Waals surface area contributed by atoms with Crippen LogP contribution in [0.1, 0.15) is 16.7 Å². The Morgan fingerprint density at radius 2 is 1.13 bits per heavy atom. The van der Waals surface area contributed by atoms with Crippen molar-refractivity contribution in [1.82, 2.24) is 0 Å². The maximum Gasteiger partial charge on any atom is 0.419 e. The molecule has 1 aromatic carbocycles. The molecular formula is C9H6F6. The molecule has 15 heavy (non-hydrogen) atoms. The van der Waals surface area contributed by atoms with Crippen LogP contribution in [0, 0.1) is 31.3 Å². The van der Waals surface area contributed by atoms with Gasteiger partial charge in [0.15, 0.2) is 11.6 Å². The minimum absolute atomic E-state index is 0.684. The van der Waals surface area contributed by atoms with Crippen LogP contribution >= 0.6 is 0 Å². The van der Waals surface area contributed by atoms with Gasteiger partial charge in [0.25, 0.3) is 0 Å². The molecule has 0 bridgehead atoms. The molecule has 0 nitrogen and oxygen atoms in total. The molecule has 0 radical (unpaired) electrons. The summed E-state index contributed by atoms with van der Waals surface area (Å²) in [6.45, 7) is 1.44. The average molecular weight is 228 g/mol. The van der Waals surface area contributed by atoms with Gasteiger partial charge in [-0.2, -0.15) is 13.2 Å². The van der Waals surface area contributed by atoms with Crippen LogP contribution < -0.4 is 0 Å². The highest BCUT2D eigenvalue weighted by Gasteiger charge is 2.39. The van der Waals surface area contributed by atoms with Gasteiger partial charge in [0.1, 0.15) is 5.82 Å². The summed E-state index contributed by atoms with van der Waals surface area (Å²) in [4.78, 5) is 0. The molecule has 0 unspecified atom stereocenters. The lowest BCUT2D eigenvalue weighted by Gasteiger charge is -2.14. The lowest BCUT2D eigenvalue weighted by molar-refractivity contribution is -0.140. The van der Waals surface area contributed by atoms with Gasteiger partial charge in [-0.05, 0) is 13.8 Å². The second-order valence-electron chi connectivity index (χ2n) is 3.06. The van der Waals surface area contributed by atoms with Crippen molar-refractivity contribution >= 4 is 0 Å². The molecule has 1 aromatic rings. The third-order valence-corrected chi connectivity index (χ3v) is 2.06. The summed E-state index contributed by atoms with van der Waals surface area (Å²) >= 11 is 0. The van der Waals surface area contributed by atoms with Crippen LogP contribution in [0.4, 0.5) is 26.3 Å². The average Bonchev–Trinajstić information content (AvgIpc) is 2.09. The van der Waals surface area contributed by atoms with E-state index in [9.17, 15) is 26.3 Å². The van der Waals surface area contributed by atoms with E-state index in [1.165, 1.54) is 0 Å². The summed E-state index contributed by atoms with van der Waals surface area (Å²) in [6, 6.07) is 0. The Morgan fingerprint density at radius 3 is 1.53 bits per heavy atom. The zero-order valence-corrected chi connectivity index (χ0v) is 7.77. The van der Waals surface area contributed by atoms with E-state index in [2.05, 4.69) is 0 Å². The number of hydrogen-bond acceptors (Lipinski definition) is 0. The summed E-state index contributed by atoms with van der Waals surface area (Å²) in [5.74, 6) is -5.02. The van der Waals surface area contributed by atoms with E-state index in [4.69, 9.17) is 0 Å². The topological polar surface area (TPSA) is 0 Å². The van der Waals surface area contributed by atoms with Crippen LogP contribution in [-0.2, 0) is 6.18 Å². The molecular weight excluding hydrogens is 222 g/mol. The number of hydrogen-bond donors (Lipinski definition) is 0. The van der Waals surface area contributed by atoms with Gasteiger partial charge >= 0.3 is 6.18 Å².